The van der Waals surface area contributed by atoms with Crippen molar-refractivity contribution in [2.45, 2.75) is 39.8 Å². The third-order valence-corrected chi connectivity index (χ3v) is 4.19. The van der Waals surface area contributed by atoms with Crippen molar-refractivity contribution in [3.63, 3.8) is 0 Å². The summed E-state index contributed by atoms with van der Waals surface area (Å²) in [5.41, 5.74) is 1.05. The zero-order chi connectivity index (χ0) is 19.0. The Morgan fingerprint density at radius 1 is 1.16 bits per heavy atom. The Bertz CT molecular complexity index is 568. The van der Waals surface area contributed by atoms with Crippen molar-refractivity contribution >= 4 is 5.96 Å². The molecule has 1 rings (SSSR count). The van der Waals surface area contributed by atoms with Crippen molar-refractivity contribution in [1.29, 1.82) is 0 Å². The smallest absolute Gasteiger partial charge is 0.191 e. The predicted octanol–water partition coefficient (Wildman–Crippen LogP) is 2.99. The van der Waals surface area contributed by atoms with E-state index >= 15 is 0 Å². The van der Waals surface area contributed by atoms with Crippen molar-refractivity contribution < 1.29 is 14.2 Å². The lowest BCUT2D eigenvalue weighted by molar-refractivity contribution is 0.0205. The van der Waals surface area contributed by atoms with Crippen molar-refractivity contribution in [1.82, 2.24) is 10.6 Å². The second-order valence-electron chi connectivity index (χ2n) is 7.02. The van der Waals surface area contributed by atoms with Gasteiger partial charge >= 0.3 is 0 Å². The number of nitrogens with one attached hydrogen (secondary N) is 2. The van der Waals surface area contributed by atoms with Crippen LogP contribution in [-0.2, 0) is 4.74 Å². The van der Waals surface area contributed by atoms with Crippen LogP contribution in [0.1, 0.15) is 39.3 Å². The minimum absolute atomic E-state index is 0.00752. The first-order valence-corrected chi connectivity index (χ1v) is 8.48. The van der Waals surface area contributed by atoms with E-state index in [-0.39, 0.29) is 17.6 Å². The molecule has 0 aromatic heterocycles. The molecule has 0 saturated carbocycles. The van der Waals surface area contributed by atoms with Gasteiger partial charge in [-0.15, -0.1) is 0 Å². The molecule has 0 spiro atoms. The molecule has 0 bridgehead atoms. The summed E-state index contributed by atoms with van der Waals surface area (Å²) in [5, 5.41) is 6.72. The topological polar surface area (TPSA) is 64.1 Å². The lowest BCUT2D eigenvalue weighted by Crippen LogP contribution is -2.45. The van der Waals surface area contributed by atoms with Gasteiger partial charge in [0.2, 0.25) is 0 Å². The molecule has 2 N–H and O–H groups in total. The Kier molecular flexibility index (Phi) is 8.03. The second-order valence-corrected chi connectivity index (χ2v) is 7.02. The minimum atomic E-state index is -0.00752. The van der Waals surface area contributed by atoms with Gasteiger partial charge in [-0.1, -0.05) is 20.8 Å². The zero-order valence-electron chi connectivity index (χ0n) is 16.8. The molecular formula is C19H33N3O3. The molecule has 2 atom stereocenters. The van der Waals surface area contributed by atoms with Crippen molar-refractivity contribution in [2.24, 2.45) is 10.4 Å². The van der Waals surface area contributed by atoms with Crippen molar-refractivity contribution in [3.05, 3.63) is 23.8 Å². The first kappa shape index (κ1) is 21.1. The van der Waals surface area contributed by atoms with Crippen LogP contribution in [0.25, 0.3) is 0 Å². The van der Waals surface area contributed by atoms with E-state index in [1.165, 1.54) is 0 Å². The lowest BCUT2D eigenvalue weighted by Gasteiger charge is -2.30. The Labute approximate surface area is 152 Å². The predicted molar refractivity (Wildman–Crippen MR) is 103 cm³/mol. The molecular weight excluding hydrogens is 318 g/mol. The van der Waals surface area contributed by atoms with Gasteiger partial charge in [0.25, 0.3) is 0 Å². The first-order valence-electron chi connectivity index (χ1n) is 8.48. The van der Waals surface area contributed by atoms with Gasteiger partial charge in [0.05, 0.1) is 26.4 Å². The van der Waals surface area contributed by atoms with Gasteiger partial charge in [0.15, 0.2) is 5.96 Å². The van der Waals surface area contributed by atoms with Gasteiger partial charge in [0.1, 0.15) is 11.5 Å². The van der Waals surface area contributed by atoms with Gasteiger partial charge < -0.3 is 24.8 Å². The largest absolute Gasteiger partial charge is 0.497 e. The van der Waals surface area contributed by atoms with E-state index in [9.17, 15) is 0 Å². The third kappa shape index (κ3) is 6.12. The van der Waals surface area contributed by atoms with Crippen LogP contribution in [0.3, 0.4) is 0 Å². The Morgan fingerprint density at radius 2 is 1.84 bits per heavy atom. The summed E-state index contributed by atoms with van der Waals surface area (Å²) < 4.78 is 16.4. The van der Waals surface area contributed by atoms with Crippen LogP contribution in [0.2, 0.25) is 0 Å². The molecule has 2 unspecified atom stereocenters. The number of hydrogen-bond donors (Lipinski definition) is 2. The van der Waals surface area contributed by atoms with Gasteiger partial charge in [-0.05, 0) is 30.5 Å². The summed E-state index contributed by atoms with van der Waals surface area (Å²) in [6, 6.07) is 5.75. The van der Waals surface area contributed by atoms with Crippen molar-refractivity contribution in [2.75, 3.05) is 34.9 Å². The molecule has 0 heterocycles. The molecule has 1 aromatic carbocycles. The molecule has 142 valence electrons. The summed E-state index contributed by atoms with van der Waals surface area (Å²) in [4.78, 5) is 4.31. The molecule has 1 aromatic rings. The Hall–Kier alpha value is -1.95. The quantitative estimate of drug-likeness (QED) is 0.584. The van der Waals surface area contributed by atoms with Crippen LogP contribution in [0.5, 0.6) is 11.5 Å². The highest BCUT2D eigenvalue weighted by atomic mass is 16.5. The molecule has 0 aliphatic heterocycles. The summed E-state index contributed by atoms with van der Waals surface area (Å²) in [5.74, 6) is 2.31. The van der Waals surface area contributed by atoms with Crippen LogP contribution in [0, 0.1) is 5.41 Å². The number of rotatable bonds is 7. The molecule has 0 amide bonds. The summed E-state index contributed by atoms with van der Waals surface area (Å²) in [7, 11) is 6.81. The molecule has 0 radical (unpaired) electrons. The van der Waals surface area contributed by atoms with Crippen LogP contribution in [-0.4, -0.2) is 47.0 Å². The average molecular weight is 351 g/mol. The van der Waals surface area contributed by atoms with E-state index in [1.807, 2.05) is 18.2 Å². The normalized spacial score (nSPS) is 14.6. The molecule has 6 nitrogen and oxygen atoms in total. The Balaban J connectivity index is 2.81. The third-order valence-electron chi connectivity index (χ3n) is 4.19. The fourth-order valence-electron chi connectivity index (χ4n) is 2.59. The second kappa shape index (κ2) is 9.51. The summed E-state index contributed by atoms with van der Waals surface area (Å²) >= 11 is 0. The summed E-state index contributed by atoms with van der Waals surface area (Å²) in [6.07, 6.45) is 0.0766. The van der Waals surface area contributed by atoms with E-state index in [1.54, 1.807) is 28.4 Å². The van der Waals surface area contributed by atoms with E-state index < -0.39 is 0 Å². The van der Waals surface area contributed by atoms with Gasteiger partial charge in [-0.2, -0.15) is 0 Å². The van der Waals surface area contributed by atoms with Crippen LogP contribution < -0.4 is 20.1 Å². The van der Waals surface area contributed by atoms with E-state index in [4.69, 9.17) is 14.2 Å². The summed E-state index contributed by atoms with van der Waals surface area (Å²) in [6.45, 7) is 9.19. The molecule has 0 aliphatic carbocycles. The zero-order valence-corrected chi connectivity index (χ0v) is 16.8. The molecule has 0 fully saturated rings. The molecule has 0 aliphatic rings. The fourth-order valence-corrected chi connectivity index (χ4v) is 2.59. The van der Waals surface area contributed by atoms with Crippen LogP contribution in [0.15, 0.2) is 23.2 Å². The minimum Gasteiger partial charge on any atom is -0.497 e. The highest BCUT2D eigenvalue weighted by Gasteiger charge is 2.24. The highest BCUT2D eigenvalue weighted by molar-refractivity contribution is 5.80. The molecule has 0 saturated heterocycles. The number of benzene rings is 1. The van der Waals surface area contributed by atoms with Crippen LogP contribution >= 0.6 is 0 Å². The highest BCUT2D eigenvalue weighted by Crippen LogP contribution is 2.29. The average Bonchev–Trinajstić information content (AvgIpc) is 2.59. The maximum absolute atomic E-state index is 5.58. The number of guanidine groups is 1. The standard InChI is InChI=1S/C19H33N3O3/c1-13(15-11-14(23-6)9-10-16(15)24-7)22-18(20-5)21-12-17(25-8)19(2,3)4/h9-11,13,17H,12H2,1-8H3,(H2,20,21,22). The first-order chi connectivity index (χ1) is 11.8. The van der Waals surface area contributed by atoms with Crippen LogP contribution in [0.4, 0.5) is 0 Å². The maximum atomic E-state index is 5.58. The monoisotopic (exact) mass is 351 g/mol. The van der Waals surface area contributed by atoms with E-state index in [0.717, 1.165) is 17.1 Å². The number of nitrogens with zero attached hydrogens (tertiary/aromatic N) is 1. The number of hydrogen-bond acceptors (Lipinski definition) is 4. The van der Waals surface area contributed by atoms with Gasteiger partial charge in [-0.25, -0.2) is 0 Å². The number of methoxy groups -OCH3 is 3. The molecule has 6 heteroatoms. The SMILES string of the molecule is CN=C(NCC(OC)C(C)(C)C)NC(C)c1cc(OC)ccc1OC. The number of aliphatic imine (C=N–C) groups is 1. The lowest BCUT2D eigenvalue weighted by atomic mass is 9.89. The van der Waals surface area contributed by atoms with Gasteiger partial charge in [0, 0.05) is 26.3 Å². The van der Waals surface area contributed by atoms with Gasteiger partial charge in [-0.3, -0.25) is 4.99 Å². The Morgan fingerprint density at radius 3 is 2.32 bits per heavy atom. The fraction of sp³-hybridized carbons (Fsp3) is 0.632. The maximum Gasteiger partial charge on any atom is 0.191 e. The molecule has 25 heavy (non-hydrogen) atoms. The van der Waals surface area contributed by atoms with E-state index in [0.29, 0.717) is 12.5 Å². The van der Waals surface area contributed by atoms with E-state index in [2.05, 4.69) is 43.3 Å². The number of ether oxygens (including phenoxy) is 3. The van der Waals surface area contributed by atoms with Crippen molar-refractivity contribution in [3.8, 4) is 11.5 Å².